The van der Waals surface area contributed by atoms with Gasteiger partial charge in [-0.3, -0.25) is 0 Å². The maximum Gasteiger partial charge on any atom is -0.00188 e. The van der Waals surface area contributed by atoms with Gasteiger partial charge in [-0.25, -0.2) is 0 Å². The molecule has 1 heterocycles. The first-order valence-corrected chi connectivity index (χ1v) is 3.66. The van der Waals surface area contributed by atoms with Gasteiger partial charge in [-0.2, -0.15) is 0 Å². The number of nitrogens with zero attached hydrogens (tertiary/aromatic N) is 1. The minimum atomic E-state index is 0. The molecule has 0 spiro atoms. The molecule has 10 heavy (non-hydrogen) atoms. The van der Waals surface area contributed by atoms with Crippen LogP contribution in [0.5, 0.6) is 0 Å². The Morgan fingerprint density at radius 3 is 1.80 bits per heavy atom. The van der Waals surface area contributed by atoms with E-state index in [9.17, 15) is 0 Å². The predicted octanol–water partition coefficient (Wildman–Crippen LogP) is 2.34. The monoisotopic (exact) mass is 185 g/mol. The molecule has 1 rings (SSSR count). The summed E-state index contributed by atoms with van der Waals surface area (Å²) in [5.41, 5.74) is 0. The lowest BCUT2D eigenvalue weighted by molar-refractivity contribution is 0.240. The highest BCUT2D eigenvalue weighted by Crippen LogP contribution is 2.06. The van der Waals surface area contributed by atoms with Crippen LogP contribution < -0.4 is 0 Å². The molecule has 1 nitrogen and oxygen atoms in total. The zero-order chi connectivity index (χ0) is 5.82. The van der Waals surface area contributed by atoms with E-state index in [4.69, 9.17) is 0 Å². The van der Waals surface area contributed by atoms with Crippen molar-refractivity contribution in [1.82, 2.24) is 4.90 Å². The SMILES string of the molecule is CCN1CCCCC1.Cl.Cl. The fourth-order valence-electron chi connectivity index (χ4n) is 1.28. The van der Waals surface area contributed by atoms with E-state index in [0.717, 1.165) is 0 Å². The molecule has 1 saturated heterocycles. The Kier molecular flexibility index (Phi) is 10.1. The molecule has 0 aliphatic carbocycles. The van der Waals surface area contributed by atoms with E-state index in [1.165, 1.54) is 38.9 Å². The van der Waals surface area contributed by atoms with E-state index in [1.54, 1.807) is 0 Å². The second kappa shape index (κ2) is 7.64. The molecule has 1 aliphatic rings. The van der Waals surface area contributed by atoms with E-state index in [0.29, 0.717) is 0 Å². The molecule has 0 aromatic carbocycles. The average molecular weight is 186 g/mol. The summed E-state index contributed by atoms with van der Waals surface area (Å²) in [6, 6.07) is 0. The lowest BCUT2D eigenvalue weighted by Crippen LogP contribution is -2.29. The minimum Gasteiger partial charge on any atom is -0.304 e. The number of rotatable bonds is 1. The molecule has 0 aromatic rings. The highest BCUT2D eigenvalue weighted by molar-refractivity contribution is 5.85. The summed E-state index contributed by atoms with van der Waals surface area (Å²) in [5.74, 6) is 0. The number of hydrogen-bond acceptors (Lipinski definition) is 1. The minimum absolute atomic E-state index is 0. The fraction of sp³-hybridized carbons (Fsp3) is 1.00. The average Bonchev–Trinajstić information content (AvgIpc) is 1.90. The standard InChI is InChI=1S/C7H15N.2ClH/c1-2-8-6-4-3-5-7-8;;/h2-7H2,1H3;2*1H. The molecule has 0 N–H and O–H groups in total. The molecule has 0 atom stereocenters. The lowest BCUT2D eigenvalue weighted by atomic mass is 10.1. The molecule has 0 bridgehead atoms. The summed E-state index contributed by atoms with van der Waals surface area (Å²) in [6.07, 6.45) is 4.30. The summed E-state index contributed by atoms with van der Waals surface area (Å²) < 4.78 is 0. The second-order valence-corrected chi connectivity index (χ2v) is 2.49. The number of hydrogen-bond donors (Lipinski definition) is 0. The van der Waals surface area contributed by atoms with Crippen LogP contribution in [-0.4, -0.2) is 24.5 Å². The molecule has 3 heteroatoms. The molecule has 0 aromatic heterocycles. The quantitative estimate of drug-likeness (QED) is 0.607. The molecular formula is C7H17Cl2N. The van der Waals surface area contributed by atoms with Crippen LogP contribution in [0.2, 0.25) is 0 Å². The van der Waals surface area contributed by atoms with Crippen molar-refractivity contribution in [1.29, 1.82) is 0 Å². The molecule has 0 unspecified atom stereocenters. The fourth-order valence-corrected chi connectivity index (χ4v) is 1.28. The van der Waals surface area contributed by atoms with Gasteiger partial charge in [0.25, 0.3) is 0 Å². The van der Waals surface area contributed by atoms with Gasteiger partial charge in [-0.1, -0.05) is 13.3 Å². The topological polar surface area (TPSA) is 3.24 Å². The molecule has 1 fully saturated rings. The molecule has 0 amide bonds. The highest BCUT2D eigenvalue weighted by Gasteiger charge is 2.05. The van der Waals surface area contributed by atoms with Crippen LogP contribution in [-0.2, 0) is 0 Å². The Bertz CT molecular complexity index is 62.6. The first kappa shape index (κ1) is 13.2. The summed E-state index contributed by atoms with van der Waals surface area (Å²) in [5, 5.41) is 0. The summed E-state index contributed by atoms with van der Waals surface area (Å²) >= 11 is 0. The zero-order valence-corrected chi connectivity index (χ0v) is 8.14. The van der Waals surface area contributed by atoms with E-state index in [-0.39, 0.29) is 24.8 Å². The van der Waals surface area contributed by atoms with Crippen molar-refractivity contribution in [3.05, 3.63) is 0 Å². The Labute approximate surface area is 76.0 Å². The normalized spacial score (nSPS) is 18.9. The van der Waals surface area contributed by atoms with E-state index in [2.05, 4.69) is 11.8 Å². The second-order valence-electron chi connectivity index (χ2n) is 2.49. The van der Waals surface area contributed by atoms with Crippen molar-refractivity contribution in [3.63, 3.8) is 0 Å². The highest BCUT2D eigenvalue weighted by atomic mass is 35.5. The third-order valence-corrected chi connectivity index (χ3v) is 1.90. The lowest BCUT2D eigenvalue weighted by Gasteiger charge is -2.24. The predicted molar refractivity (Wildman–Crippen MR) is 50.5 cm³/mol. The van der Waals surface area contributed by atoms with Crippen molar-refractivity contribution in [3.8, 4) is 0 Å². The van der Waals surface area contributed by atoms with Gasteiger partial charge in [-0.05, 0) is 32.5 Å². The van der Waals surface area contributed by atoms with Crippen molar-refractivity contribution >= 4 is 24.8 Å². The van der Waals surface area contributed by atoms with Crippen molar-refractivity contribution in [2.45, 2.75) is 26.2 Å². The molecule has 0 radical (unpaired) electrons. The van der Waals surface area contributed by atoms with Crippen molar-refractivity contribution in [2.24, 2.45) is 0 Å². The third-order valence-electron chi connectivity index (χ3n) is 1.90. The van der Waals surface area contributed by atoms with Gasteiger partial charge in [0, 0.05) is 0 Å². The molecule has 0 saturated carbocycles. The van der Waals surface area contributed by atoms with Gasteiger partial charge in [-0.15, -0.1) is 24.8 Å². The van der Waals surface area contributed by atoms with E-state index >= 15 is 0 Å². The van der Waals surface area contributed by atoms with E-state index < -0.39 is 0 Å². The van der Waals surface area contributed by atoms with Crippen LogP contribution in [0.4, 0.5) is 0 Å². The van der Waals surface area contributed by atoms with Gasteiger partial charge >= 0.3 is 0 Å². The Hall–Kier alpha value is 0.540. The Morgan fingerprint density at radius 1 is 1.00 bits per heavy atom. The van der Waals surface area contributed by atoms with E-state index in [1.807, 2.05) is 0 Å². The van der Waals surface area contributed by atoms with Crippen molar-refractivity contribution in [2.75, 3.05) is 19.6 Å². The van der Waals surface area contributed by atoms with Crippen LogP contribution in [0.25, 0.3) is 0 Å². The number of likely N-dealkylation sites (tertiary alicyclic amines) is 1. The zero-order valence-electron chi connectivity index (χ0n) is 6.51. The maximum absolute atomic E-state index is 2.52. The van der Waals surface area contributed by atoms with Gasteiger partial charge in [0.1, 0.15) is 0 Å². The Balaban J connectivity index is 0. The summed E-state index contributed by atoms with van der Waals surface area (Å²) in [6.45, 7) is 6.18. The van der Waals surface area contributed by atoms with Gasteiger partial charge in [0.15, 0.2) is 0 Å². The van der Waals surface area contributed by atoms with Crippen LogP contribution in [0.1, 0.15) is 26.2 Å². The summed E-state index contributed by atoms with van der Waals surface area (Å²) in [7, 11) is 0. The smallest absolute Gasteiger partial charge is 0.00188 e. The van der Waals surface area contributed by atoms with Gasteiger partial charge in [0.05, 0.1) is 0 Å². The van der Waals surface area contributed by atoms with Crippen LogP contribution in [0, 0.1) is 0 Å². The number of halogens is 2. The third kappa shape index (κ3) is 4.37. The summed E-state index contributed by atoms with van der Waals surface area (Å²) in [4.78, 5) is 2.52. The van der Waals surface area contributed by atoms with Gasteiger partial charge < -0.3 is 4.90 Å². The van der Waals surface area contributed by atoms with Crippen LogP contribution in [0.3, 0.4) is 0 Å². The molecule has 1 aliphatic heterocycles. The largest absolute Gasteiger partial charge is 0.304 e. The van der Waals surface area contributed by atoms with Crippen molar-refractivity contribution < 1.29 is 0 Å². The van der Waals surface area contributed by atoms with Crippen LogP contribution in [0.15, 0.2) is 0 Å². The maximum atomic E-state index is 2.52. The first-order valence-electron chi connectivity index (χ1n) is 3.66. The molecular weight excluding hydrogens is 169 g/mol. The first-order chi connectivity index (χ1) is 3.93. The Morgan fingerprint density at radius 2 is 1.50 bits per heavy atom. The number of piperidine rings is 1. The van der Waals surface area contributed by atoms with Gasteiger partial charge in [0.2, 0.25) is 0 Å². The van der Waals surface area contributed by atoms with Crippen LogP contribution >= 0.6 is 24.8 Å². The molecule has 64 valence electrons.